The number of thiazole rings is 1. The number of oxazole rings is 1. The average molecular weight is 387 g/mol. The van der Waals surface area contributed by atoms with Gasteiger partial charge < -0.3 is 9.73 Å². The molecule has 0 radical (unpaired) electrons. The molecular weight excluding hydrogens is 365 g/mol. The Labute approximate surface area is 161 Å². The minimum absolute atomic E-state index is 0.110. The number of nitrogens with one attached hydrogen (secondary N) is 1. The largest absolute Gasteiger partial charge is 0.441 e. The molecule has 5 nitrogen and oxygen atoms in total. The number of hydrogen-bond acceptors (Lipinski definition) is 5. The average Bonchev–Trinajstić information content (AvgIpc) is 3.25. The molecule has 0 fully saturated rings. The summed E-state index contributed by atoms with van der Waals surface area (Å²) in [6.07, 6.45) is 2.69. The van der Waals surface area contributed by atoms with Gasteiger partial charge in [0.15, 0.2) is 0 Å². The summed E-state index contributed by atoms with van der Waals surface area (Å²) in [5.41, 5.74) is 1.25. The van der Waals surface area contributed by atoms with Crippen molar-refractivity contribution in [2.75, 3.05) is 0 Å². The molecule has 0 aliphatic rings. The number of nitrogens with zero attached hydrogens (tertiary/aromatic N) is 2. The van der Waals surface area contributed by atoms with Crippen LogP contribution < -0.4 is 5.32 Å². The number of carbonyl (C=O) groups excluding carboxylic acids is 1. The van der Waals surface area contributed by atoms with Crippen molar-refractivity contribution in [3.05, 3.63) is 58.1 Å². The Hall–Kier alpha value is -2.54. The fourth-order valence-corrected chi connectivity index (χ4v) is 3.51. The van der Waals surface area contributed by atoms with Crippen molar-refractivity contribution in [1.29, 1.82) is 0 Å². The molecule has 1 aromatic carbocycles. The van der Waals surface area contributed by atoms with Gasteiger partial charge in [-0.2, -0.15) is 0 Å². The summed E-state index contributed by atoms with van der Waals surface area (Å²) in [6, 6.07) is 5.80. The van der Waals surface area contributed by atoms with E-state index in [9.17, 15) is 9.18 Å². The summed E-state index contributed by atoms with van der Waals surface area (Å²) in [5.74, 6) is 0.948. The predicted molar refractivity (Wildman–Crippen MR) is 103 cm³/mol. The Morgan fingerprint density at radius 1 is 1.30 bits per heavy atom. The van der Waals surface area contributed by atoms with Gasteiger partial charge >= 0.3 is 0 Å². The molecule has 2 aromatic heterocycles. The maximum atomic E-state index is 13.1. The highest BCUT2D eigenvalue weighted by Crippen LogP contribution is 2.25. The standard InChI is InChI=1S/C20H22FN3O2S/c1-12(2)10-17(20-22-8-9-27-20)23-18(25)11-16-13(3)26-19(24-16)14-4-6-15(21)7-5-14/h4-9,12,17H,10-11H2,1-3H3,(H,23,25). The van der Waals surface area contributed by atoms with E-state index in [1.54, 1.807) is 25.3 Å². The molecule has 1 unspecified atom stereocenters. The Balaban J connectivity index is 1.71. The molecule has 0 aliphatic heterocycles. The van der Waals surface area contributed by atoms with Crippen LogP contribution in [0.2, 0.25) is 0 Å². The van der Waals surface area contributed by atoms with Crippen molar-refractivity contribution in [2.45, 2.75) is 39.7 Å². The molecule has 142 valence electrons. The molecule has 0 bridgehead atoms. The van der Waals surface area contributed by atoms with Gasteiger partial charge in [-0.05, 0) is 43.5 Å². The Bertz CT molecular complexity index is 889. The smallest absolute Gasteiger partial charge is 0.226 e. The van der Waals surface area contributed by atoms with E-state index in [4.69, 9.17) is 4.42 Å². The molecule has 3 rings (SSSR count). The van der Waals surface area contributed by atoms with E-state index in [1.165, 1.54) is 23.5 Å². The minimum atomic E-state index is -0.319. The number of benzene rings is 1. The van der Waals surface area contributed by atoms with E-state index in [0.717, 1.165) is 11.4 Å². The van der Waals surface area contributed by atoms with Crippen LogP contribution in [0.15, 0.2) is 40.3 Å². The Morgan fingerprint density at radius 3 is 2.67 bits per heavy atom. The van der Waals surface area contributed by atoms with Crippen molar-refractivity contribution in [2.24, 2.45) is 5.92 Å². The number of hydrogen-bond donors (Lipinski definition) is 1. The zero-order chi connectivity index (χ0) is 19.4. The lowest BCUT2D eigenvalue weighted by Crippen LogP contribution is -2.31. The molecule has 0 saturated heterocycles. The van der Waals surface area contributed by atoms with E-state index >= 15 is 0 Å². The highest BCUT2D eigenvalue weighted by atomic mass is 32.1. The summed E-state index contributed by atoms with van der Waals surface area (Å²) < 4.78 is 18.7. The van der Waals surface area contributed by atoms with E-state index < -0.39 is 0 Å². The maximum absolute atomic E-state index is 13.1. The molecule has 27 heavy (non-hydrogen) atoms. The van der Waals surface area contributed by atoms with Crippen LogP contribution in [-0.4, -0.2) is 15.9 Å². The molecule has 0 saturated carbocycles. The summed E-state index contributed by atoms with van der Waals surface area (Å²) in [5, 5.41) is 5.87. The third kappa shape index (κ3) is 5.01. The molecule has 7 heteroatoms. The van der Waals surface area contributed by atoms with Crippen molar-refractivity contribution in [3.63, 3.8) is 0 Å². The molecular formula is C20H22FN3O2S. The third-order valence-corrected chi connectivity index (χ3v) is 4.99. The third-order valence-electron chi connectivity index (χ3n) is 4.10. The zero-order valence-electron chi connectivity index (χ0n) is 15.5. The normalized spacial score (nSPS) is 12.3. The molecule has 2 heterocycles. The first-order valence-electron chi connectivity index (χ1n) is 8.83. The van der Waals surface area contributed by atoms with Crippen LogP contribution in [-0.2, 0) is 11.2 Å². The van der Waals surface area contributed by atoms with Gasteiger partial charge in [-0.15, -0.1) is 11.3 Å². The lowest BCUT2D eigenvalue weighted by molar-refractivity contribution is -0.121. The zero-order valence-corrected chi connectivity index (χ0v) is 16.3. The van der Waals surface area contributed by atoms with Crippen LogP contribution >= 0.6 is 11.3 Å². The number of aryl methyl sites for hydroxylation is 1. The van der Waals surface area contributed by atoms with Gasteiger partial charge in [0.25, 0.3) is 0 Å². The summed E-state index contributed by atoms with van der Waals surface area (Å²) in [4.78, 5) is 21.3. The van der Waals surface area contributed by atoms with Crippen molar-refractivity contribution in [3.8, 4) is 11.5 Å². The SMILES string of the molecule is Cc1oc(-c2ccc(F)cc2)nc1CC(=O)NC(CC(C)C)c1nccs1. The number of halogens is 1. The van der Waals surface area contributed by atoms with Crippen LogP contribution in [0.4, 0.5) is 4.39 Å². The molecule has 0 spiro atoms. The van der Waals surface area contributed by atoms with Gasteiger partial charge in [0.05, 0.1) is 18.2 Å². The second-order valence-corrected chi connectivity index (χ2v) is 7.75. The van der Waals surface area contributed by atoms with Gasteiger partial charge in [0.1, 0.15) is 16.6 Å². The van der Waals surface area contributed by atoms with Crippen LogP contribution in [0.25, 0.3) is 11.5 Å². The first-order valence-corrected chi connectivity index (χ1v) is 9.71. The van der Waals surface area contributed by atoms with Crippen LogP contribution in [0, 0.1) is 18.7 Å². The number of aromatic nitrogens is 2. The second kappa shape index (κ2) is 8.43. The second-order valence-electron chi connectivity index (χ2n) is 6.83. The molecule has 3 aromatic rings. The van der Waals surface area contributed by atoms with Crippen molar-refractivity contribution in [1.82, 2.24) is 15.3 Å². The lowest BCUT2D eigenvalue weighted by atomic mass is 10.0. The van der Waals surface area contributed by atoms with Crippen LogP contribution in [0.3, 0.4) is 0 Å². The summed E-state index contributed by atoms with van der Waals surface area (Å²) in [6.45, 7) is 6.00. The summed E-state index contributed by atoms with van der Waals surface area (Å²) in [7, 11) is 0. The van der Waals surface area contributed by atoms with Gasteiger partial charge in [-0.3, -0.25) is 4.79 Å². The highest BCUT2D eigenvalue weighted by molar-refractivity contribution is 7.09. The van der Waals surface area contributed by atoms with Crippen LogP contribution in [0.1, 0.15) is 42.8 Å². The molecule has 1 atom stereocenters. The first-order chi connectivity index (χ1) is 12.9. The number of carbonyl (C=O) groups is 1. The minimum Gasteiger partial charge on any atom is -0.441 e. The highest BCUT2D eigenvalue weighted by Gasteiger charge is 2.21. The number of amides is 1. The van der Waals surface area contributed by atoms with Gasteiger partial charge in [-0.1, -0.05) is 13.8 Å². The fourth-order valence-electron chi connectivity index (χ4n) is 2.80. The first kappa shape index (κ1) is 19.2. The van der Waals surface area contributed by atoms with Gasteiger partial charge in [0, 0.05) is 17.1 Å². The lowest BCUT2D eigenvalue weighted by Gasteiger charge is -2.18. The molecule has 1 N–H and O–H groups in total. The number of rotatable bonds is 7. The van der Waals surface area contributed by atoms with Gasteiger partial charge in [-0.25, -0.2) is 14.4 Å². The van der Waals surface area contributed by atoms with Gasteiger partial charge in [0.2, 0.25) is 11.8 Å². The van der Waals surface area contributed by atoms with E-state index in [1.807, 2.05) is 5.38 Å². The Kier molecular flexibility index (Phi) is 6.01. The monoisotopic (exact) mass is 387 g/mol. The van der Waals surface area contributed by atoms with E-state index in [2.05, 4.69) is 29.1 Å². The molecule has 1 amide bonds. The fraction of sp³-hybridized carbons (Fsp3) is 0.350. The molecule has 0 aliphatic carbocycles. The Morgan fingerprint density at radius 2 is 2.04 bits per heavy atom. The predicted octanol–water partition coefficient (Wildman–Crippen LogP) is 4.69. The maximum Gasteiger partial charge on any atom is 0.226 e. The quantitative estimate of drug-likeness (QED) is 0.638. The van der Waals surface area contributed by atoms with E-state index in [0.29, 0.717) is 28.8 Å². The topological polar surface area (TPSA) is 68.0 Å². The van der Waals surface area contributed by atoms with E-state index in [-0.39, 0.29) is 24.2 Å². The van der Waals surface area contributed by atoms with Crippen LogP contribution in [0.5, 0.6) is 0 Å². The summed E-state index contributed by atoms with van der Waals surface area (Å²) >= 11 is 1.54. The van der Waals surface area contributed by atoms with Crippen molar-refractivity contribution < 1.29 is 13.6 Å². The van der Waals surface area contributed by atoms with Crippen molar-refractivity contribution >= 4 is 17.2 Å².